The highest BCUT2D eigenvalue weighted by Crippen LogP contribution is 2.64. The summed E-state index contributed by atoms with van der Waals surface area (Å²) >= 11 is 0. The van der Waals surface area contributed by atoms with Crippen molar-refractivity contribution in [3.63, 3.8) is 0 Å². The third-order valence-electron chi connectivity index (χ3n) is 6.71. The third-order valence-corrected chi connectivity index (χ3v) is 6.71. The van der Waals surface area contributed by atoms with E-state index < -0.39 is 0 Å². The molecule has 4 nitrogen and oxygen atoms in total. The van der Waals surface area contributed by atoms with Crippen LogP contribution in [0.4, 0.5) is 0 Å². The molecule has 3 saturated carbocycles. The largest absolute Gasteiger partial charge is 0.462 e. The Morgan fingerprint density at radius 2 is 1.48 bits per heavy atom. The van der Waals surface area contributed by atoms with Crippen LogP contribution in [-0.2, 0) is 19.1 Å². The molecule has 138 valence electrons. The summed E-state index contributed by atoms with van der Waals surface area (Å²) in [6.45, 7) is 11.7. The molecule has 0 heterocycles. The number of hydrogen-bond donors (Lipinski definition) is 0. The van der Waals surface area contributed by atoms with Crippen LogP contribution in [0.3, 0.4) is 0 Å². The molecular weight excluding hydrogens is 316 g/mol. The number of rotatable bonds is 7. The van der Waals surface area contributed by atoms with E-state index in [0.29, 0.717) is 48.0 Å². The van der Waals surface area contributed by atoms with Gasteiger partial charge >= 0.3 is 11.9 Å². The molecule has 0 amide bonds. The topological polar surface area (TPSA) is 52.6 Å². The minimum absolute atomic E-state index is 0.264. The monoisotopic (exact) mass is 346 g/mol. The first-order valence-electron chi connectivity index (χ1n) is 9.55. The predicted molar refractivity (Wildman–Crippen MR) is 95.6 cm³/mol. The molecule has 3 rings (SSSR count). The van der Waals surface area contributed by atoms with Crippen molar-refractivity contribution in [1.29, 1.82) is 0 Å². The van der Waals surface area contributed by atoms with E-state index in [0.717, 1.165) is 18.3 Å². The van der Waals surface area contributed by atoms with Gasteiger partial charge in [-0.3, -0.25) is 0 Å². The van der Waals surface area contributed by atoms with Crippen molar-refractivity contribution in [1.82, 2.24) is 0 Å². The van der Waals surface area contributed by atoms with Crippen LogP contribution < -0.4 is 0 Å². The van der Waals surface area contributed by atoms with Gasteiger partial charge < -0.3 is 9.47 Å². The van der Waals surface area contributed by atoms with Crippen LogP contribution in [0, 0.1) is 35.5 Å². The number of carbonyl (C=O) groups excluding carboxylic acids is 2. The number of ether oxygens (including phenoxy) is 2. The van der Waals surface area contributed by atoms with E-state index in [1.54, 1.807) is 13.8 Å². The van der Waals surface area contributed by atoms with Gasteiger partial charge in [0, 0.05) is 11.1 Å². The summed E-state index contributed by atoms with van der Waals surface area (Å²) in [5, 5.41) is 0. The second-order valence-electron chi connectivity index (χ2n) is 8.23. The van der Waals surface area contributed by atoms with Crippen LogP contribution in [0.25, 0.3) is 0 Å². The fraction of sp³-hybridized carbons (Fsp3) is 0.714. The summed E-state index contributed by atoms with van der Waals surface area (Å²) in [6, 6.07) is 0. The Labute approximate surface area is 150 Å². The second kappa shape index (κ2) is 7.35. The average Bonchev–Trinajstić information content (AvgIpc) is 3.23. The zero-order valence-electron chi connectivity index (χ0n) is 15.5. The highest BCUT2D eigenvalue weighted by atomic mass is 16.5. The lowest BCUT2D eigenvalue weighted by Gasteiger charge is -2.29. The lowest BCUT2D eigenvalue weighted by Crippen LogP contribution is -2.24. The molecule has 4 heteroatoms. The normalized spacial score (nSPS) is 35.3. The van der Waals surface area contributed by atoms with Crippen LogP contribution in [0.2, 0.25) is 0 Å². The highest BCUT2D eigenvalue weighted by Gasteiger charge is 2.58. The molecule has 25 heavy (non-hydrogen) atoms. The first-order chi connectivity index (χ1) is 11.9. The maximum Gasteiger partial charge on any atom is 0.333 e. The highest BCUT2D eigenvalue weighted by molar-refractivity contribution is 5.87. The van der Waals surface area contributed by atoms with E-state index in [4.69, 9.17) is 9.47 Å². The molecule has 2 bridgehead atoms. The van der Waals surface area contributed by atoms with Crippen LogP contribution >= 0.6 is 0 Å². The lowest BCUT2D eigenvalue weighted by molar-refractivity contribution is -0.141. The molecule has 3 aliphatic carbocycles. The first kappa shape index (κ1) is 18.2. The molecule has 6 atom stereocenters. The first-order valence-corrected chi connectivity index (χ1v) is 9.55. The zero-order valence-corrected chi connectivity index (χ0v) is 15.5. The van der Waals surface area contributed by atoms with Crippen molar-refractivity contribution in [2.45, 2.75) is 46.0 Å². The van der Waals surface area contributed by atoms with E-state index in [-0.39, 0.29) is 11.9 Å². The summed E-state index contributed by atoms with van der Waals surface area (Å²) in [6.07, 6.45) is 5.99. The molecule has 0 aromatic carbocycles. The van der Waals surface area contributed by atoms with Crippen LogP contribution in [0.5, 0.6) is 0 Å². The zero-order chi connectivity index (χ0) is 18.1. The fourth-order valence-electron chi connectivity index (χ4n) is 5.75. The molecule has 0 aliphatic heterocycles. The molecule has 0 N–H and O–H groups in total. The van der Waals surface area contributed by atoms with Crippen molar-refractivity contribution >= 4 is 11.9 Å². The Kier molecular flexibility index (Phi) is 5.35. The molecule has 3 aliphatic rings. The van der Waals surface area contributed by atoms with E-state index in [1.807, 2.05) is 0 Å². The van der Waals surface area contributed by atoms with Gasteiger partial charge in [-0.1, -0.05) is 13.2 Å². The molecule has 0 aromatic rings. The van der Waals surface area contributed by atoms with Gasteiger partial charge in [0.15, 0.2) is 0 Å². The summed E-state index contributed by atoms with van der Waals surface area (Å²) in [5.74, 6) is 3.46. The predicted octanol–water partition coefficient (Wildman–Crippen LogP) is 3.91. The molecule has 3 fully saturated rings. The summed E-state index contributed by atoms with van der Waals surface area (Å²) in [4.78, 5) is 23.3. The van der Waals surface area contributed by atoms with Crippen LogP contribution in [0.15, 0.2) is 24.3 Å². The maximum atomic E-state index is 11.7. The number of esters is 2. The van der Waals surface area contributed by atoms with Crippen LogP contribution in [0.1, 0.15) is 46.0 Å². The van der Waals surface area contributed by atoms with Crippen molar-refractivity contribution in [3.8, 4) is 0 Å². The van der Waals surface area contributed by atoms with Gasteiger partial charge in [0.05, 0.1) is 13.2 Å². The van der Waals surface area contributed by atoms with E-state index in [9.17, 15) is 9.59 Å². The summed E-state index contributed by atoms with van der Waals surface area (Å²) in [7, 11) is 0. The molecule has 0 spiro atoms. The molecule has 0 radical (unpaired) electrons. The SMILES string of the molecule is C=C(C)C(=O)OCCC1CCC2C3CCC(C3COC(=O)C(=C)C)C12. The third kappa shape index (κ3) is 3.54. The Hall–Kier alpha value is -1.58. The van der Waals surface area contributed by atoms with Gasteiger partial charge in [0.25, 0.3) is 0 Å². The Morgan fingerprint density at radius 1 is 0.880 bits per heavy atom. The van der Waals surface area contributed by atoms with Gasteiger partial charge in [0.1, 0.15) is 0 Å². The lowest BCUT2D eigenvalue weighted by atomic mass is 9.77. The van der Waals surface area contributed by atoms with E-state index in [2.05, 4.69) is 13.2 Å². The number of carbonyl (C=O) groups is 2. The van der Waals surface area contributed by atoms with Crippen molar-refractivity contribution in [3.05, 3.63) is 24.3 Å². The minimum atomic E-state index is -0.285. The van der Waals surface area contributed by atoms with E-state index in [1.165, 1.54) is 25.7 Å². The van der Waals surface area contributed by atoms with Crippen molar-refractivity contribution < 1.29 is 19.1 Å². The quantitative estimate of drug-likeness (QED) is 0.518. The Balaban J connectivity index is 1.54. The molecule has 6 unspecified atom stereocenters. The van der Waals surface area contributed by atoms with Gasteiger partial charge in [-0.2, -0.15) is 0 Å². The maximum absolute atomic E-state index is 11.7. The summed E-state index contributed by atoms with van der Waals surface area (Å²) < 4.78 is 10.8. The average molecular weight is 346 g/mol. The Morgan fingerprint density at radius 3 is 2.16 bits per heavy atom. The van der Waals surface area contributed by atoms with Crippen molar-refractivity contribution in [2.75, 3.05) is 13.2 Å². The van der Waals surface area contributed by atoms with Gasteiger partial charge in [-0.25, -0.2) is 9.59 Å². The number of fused-ring (bicyclic) bond motifs is 5. The standard InChI is InChI=1S/C21H30O4/c1-12(2)20(22)24-10-9-14-5-6-16-15-7-8-17(19(14)16)18(15)11-25-21(23)13(3)4/h14-19H,1,3,5-11H2,2,4H3. The Bertz CT molecular complexity index is 578. The summed E-state index contributed by atoms with van der Waals surface area (Å²) in [5.41, 5.74) is 0.936. The molecular formula is C21H30O4. The van der Waals surface area contributed by atoms with Gasteiger partial charge in [0.2, 0.25) is 0 Å². The molecule has 0 aromatic heterocycles. The van der Waals surface area contributed by atoms with Crippen LogP contribution in [-0.4, -0.2) is 25.2 Å². The minimum Gasteiger partial charge on any atom is -0.462 e. The van der Waals surface area contributed by atoms with Crippen molar-refractivity contribution in [2.24, 2.45) is 35.5 Å². The smallest absolute Gasteiger partial charge is 0.333 e. The number of hydrogen-bond acceptors (Lipinski definition) is 4. The fourth-order valence-corrected chi connectivity index (χ4v) is 5.75. The second-order valence-corrected chi connectivity index (χ2v) is 8.23. The molecule has 0 saturated heterocycles. The van der Waals surface area contributed by atoms with E-state index >= 15 is 0 Å². The van der Waals surface area contributed by atoms with Gasteiger partial charge in [-0.05, 0) is 81.5 Å². The van der Waals surface area contributed by atoms with Gasteiger partial charge in [-0.15, -0.1) is 0 Å².